The normalized spacial score (nSPS) is 10.1. The molecule has 0 saturated carbocycles. The summed E-state index contributed by atoms with van der Waals surface area (Å²) >= 11 is 0. The number of carbonyl (C=O) groups excluding carboxylic acids is 1. The molecule has 6 aromatic carbocycles. The predicted molar refractivity (Wildman–Crippen MR) is 206 cm³/mol. The monoisotopic (exact) mass is 743 g/mol. The van der Waals surface area contributed by atoms with Gasteiger partial charge in [0.25, 0.3) is 0 Å². The van der Waals surface area contributed by atoms with E-state index in [9.17, 15) is 0 Å². The quantitative estimate of drug-likeness (QED) is 0.126. The van der Waals surface area contributed by atoms with Gasteiger partial charge < -0.3 is 14.6 Å². The van der Waals surface area contributed by atoms with Gasteiger partial charge in [0.2, 0.25) is 0 Å². The fourth-order valence-electron chi connectivity index (χ4n) is 5.00. The van der Waals surface area contributed by atoms with E-state index in [0.717, 1.165) is 0 Å². The molecule has 6 heteroatoms. The second-order valence-corrected chi connectivity index (χ2v) is 15.3. The van der Waals surface area contributed by atoms with Crippen LogP contribution >= 0.6 is 15.8 Å². The van der Waals surface area contributed by atoms with Gasteiger partial charge >= 0.3 is 0 Å². The summed E-state index contributed by atoms with van der Waals surface area (Å²) < 4.78 is 0. The molecule has 0 unspecified atom stereocenters. The van der Waals surface area contributed by atoms with Gasteiger partial charge in [-0.15, -0.1) is 0 Å². The molecule has 0 aliphatic rings. The molecular formula is C41H42N2OP2Rh. The number of carbonyl (C=O) groups is 1. The summed E-state index contributed by atoms with van der Waals surface area (Å²) in [6, 6.07) is 61.1. The molecule has 0 aliphatic carbocycles. The molecule has 241 valence electrons. The van der Waals surface area contributed by atoms with E-state index in [1.807, 2.05) is 6.79 Å². The average Bonchev–Trinajstić information content (AvgIpc) is 3.12. The first kappa shape index (κ1) is 37.5. The van der Waals surface area contributed by atoms with E-state index in [1.165, 1.54) is 43.2 Å². The van der Waals surface area contributed by atoms with Crippen molar-refractivity contribution in [3.05, 3.63) is 170 Å². The molecule has 0 N–H and O–H groups in total. The molecule has 47 heavy (non-hydrogen) atoms. The Labute approximate surface area is 296 Å². The molecule has 0 aliphatic heterocycles. The zero-order valence-corrected chi connectivity index (χ0v) is 30.8. The molecule has 1 radical (unpaired) electrons. The summed E-state index contributed by atoms with van der Waals surface area (Å²) in [4.78, 5) is 12.3. The van der Waals surface area contributed by atoms with Crippen LogP contribution in [0.15, 0.2) is 170 Å². The van der Waals surface area contributed by atoms with E-state index in [4.69, 9.17) is 4.79 Å². The van der Waals surface area contributed by atoms with Crippen molar-refractivity contribution in [1.29, 1.82) is 0 Å². The van der Waals surface area contributed by atoms with E-state index in [0.29, 0.717) is 0 Å². The SMILES string of the molecule is C=O.CN(C)c1ccc(P(c2ccccc2)c2ccccc2)cc1.CN(C)c1ccc(P(c2ccccc2)c2ccccc2)cc1.[Rh]. The number of rotatable bonds is 8. The van der Waals surface area contributed by atoms with Crippen LogP contribution in [-0.2, 0) is 24.3 Å². The van der Waals surface area contributed by atoms with Crippen molar-refractivity contribution in [1.82, 2.24) is 0 Å². The second kappa shape index (κ2) is 19.7. The van der Waals surface area contributed by atoms with Crippen LogP contribution in [0.3, 0.4) is 0 Å². The smallest absolute Gasteiger partial charge is 0.106 e. The van der Waals surface area contributed by atoms with Crippen LogP contribution < -0.4 is 41.6 Å². The zero-order valence-electron chi connectivity index (χ0n) is 27.4. The van der Waals surface area contributed by atoms with Gasteiger partial charge in [-0.1, -0.05) is 146 Å². The molecule has 3 nitrogen and oxygen atoms in total. The molecule has 0 fully saturated rings. The van der Waals surface area contributed by atoms with Gasteiger partial charge in [-0.3, -0.25) is 0 Å². The van der Waals surface area contributed by atoms with Gasteiger partial charge in [-0.25, -0.2) is 0 Å². The molecule has 0 spiro atoms. The Morgan fingerprint density at radius 3 is 0.723 bits per heavy atom. The number of hydrogen-bond acceptors (Lipinski definition) is 3. The van der Waals surface area contributed by atoms with Crippen LogP contribution in [0, 0.1) is 0 Å². The first-order valence-corrected chi connectivity index (χ1v) is 17.8. The van der Waals surface area contributed by atoms with Gasteiger partial charge in [0.1, 0.15) is 6.79 Å². The standard InChI is InChI=1S/2C20H20NP.CH2O.Rh/c2*1-21(2)17-13-15-20(16-14-17)22(18-9-5-3-6-10-18)19-11-7-4-8-12-19;1-2;/h2*3-16H,1-2H3;1H2;. The van der Waals surface area contributed by atoms with Crippen LogP contribution in [0.25, 0.3) is 0 Å². The van der Waals surface area contributed by atoms with Crippen molar-refractivity contribution >= 4 is 65.8 Å². The van der Waals surface area contributed by atoms with Crippen molar-refractivity contribution in [2.24, 2.45) is 0 Å². The fourth-order valence-corrected chi connectivity index (χ4v) is 9.57. The number of anilines is 2. The third kappa shape index (κ3) is 10.5. The summed E-state index contributed by atoms with van der Waals surface area (Å²) in [7, 11) is 7.31. The first-order valence-electron chi connectivity index (χ1n) is 15.2. The molecule has 0 heterocycles. The molecule has 0 aromatic heterocycles. The van der Waals surface area contributed by atoms with Crippen molar-refractivity contribution in [3.63, 3.8) is 0 Å². The Morgan fingerprint density at radius 1 is 0.340 bits per heavy atom. The van der Waals surface area contributed by atoms with E-state index in [1.54, 1.807) is 0 Å². The van der Waals surface area contributed by atoms with Crippen LogP contribution in [0.2, 0.25) is 0 Å². The Hall–Kier alpha value is -3.93. The predicted octanol–water partition coefficient (Wildman–Crippen LogP) is 6.83. The van der Waals surface area contributed by atoms with Crippen LogP contribution in [-0.4, -0.2) is 35.0 Å². The van der Waals surface area contributed by atoms with E-state index in [2.05, 4.69) is 208 Å². The van der Waals surface area contributed by atoms with Crippen LogP contribution in [0.4, 0.5) is 11.4 Å². The maximum atomic E-state index is 8.00. The molecule has 0 saturated heterocycles. The van der Waals surface area contributed by atoms with Gasteiger partial charge in [-0.05, 0) is 71.9 Å². The fraction of sp³-hybridized carbons (Fsp3) is 0.0976. The minimum atomic E-state index is -0.496. The van der Waals surface area contributed by atoms with E-state index >= 15 is 0 Å². The molecule has 0 atom stereocenters. The van der Waals surface area contributed by atoms with E-state index in [-0.39, 0.29) is 19.5 Å². The largest absolute Gasteiger partial charge is 0.378 e. The second-order valence-electron chi connectivity index (χ2n) is 10.8. The van der Waals surface area contributed by atoms with Crippen molar-refractivity contribution in [2.45, 2.75) is 0 Å². The Bertz CT molecular complexity index is 1490. The van der Waals surface area contributed by atoms with Gasteiger partial charge in [0, 0.05) is 59.0 Å². The van der Waals surface area contributed by atoms with Crippen molar-refractivity contribution in [3.8, 4) is 0 Å². The Morgan fingerprint density at radius 2 is 0.532 bits per heavy atom. The summed E-state index contributed by atoms with van der Waals surface area (Å²) in [5.74, 6) is 0. The first-order chi connectivity index (χ1) is 22.5. The van der Waals surface area contributed by atoms with Gasteiger partial charge in [0.15, 0.2) is 0 Å². The topological polar surface area (TPSA) is 23.6 Å². The maximum Gasteiger partial charge on any atom is 0.106 e. The molecular weight excluding hydrogens is 701 g/mol. The summed E-state index contributed by atoms with van der Waals surface area (Å²) in [6.07, 6.45) is 0. The summed E-state index contributed by atoms with van der Waals surface area (Å²) in [5.41, 5.74) is 2.47. The van der Waals surface area contributed by atoms with Crippen molar-refractivity contribution in [2.75, 3.05) is 38.0 Å². The van der Waals surface area contributed by atoms with Gasteiger partial charge in [0.05, 0.1) is 0 Å². The van der Waals surface area contributed by atoms with E-state index < -0.39 is 15.8 Å². The van der Waals surface area contributed by atoms with Crippen LogP contribution in [0.5, 0.6) is 0 Å². The molecule has 0 amide bonds. The number of benzene rings is 6. The average molecular weight is 744 g/mol. The number of nitrogens with zero attached hydrogens (tertiary/aromatic N) is 2. The van der Waals surface area contributed by atoms with Gasteiger partial charge in [-0.2, -0.15) is 0 Å². The summed E-state index contributed by atoms with van der Waals surface area (Å²) in [6.45, 7) is 2.00. The third-order valence-corrected chi connectivity index (χ3v) is 12.2. The molecule has 6 aromatic rings. The third-order valence-electron chi connectivity index (χ3n) is 7.31. The Balaban J connectivity index is 0.000000238. The Kier molecular flexibility index (Phi) is 15.7. The maximum absolute atomic E-state index is 8.00. The van der Waals surface area contributed by atoms with Crippen molar-refractivity contribution < 1.29 is 24.3 Å². The minimum absolute atomic E-state index is 0. The summed E-state index contributed by atoms with van der Waals surface area (Å²) in [5, 5.41) is 8.33. The zero-order chi connectivity index (χ0) is 32.7. The minimum Gasteiger partial charge on any atom is -0.378 e. The molecule has 0 bridgehead atoms. The van der Waals surface area contributed by atoms with Crippen LogP contribution in [0.1, 0.15) is 0 Å². The molecule has 6 rings (SSSR count). The number of hydrogen-bond donors (Lipinski definition) is 0.